The third-order valence-electron chi connectivity index (χ3n) is 6.73. The first kappa shape index (κ1) is 19.6. The second-order valence-corrected chi connectivity index (χ2v) is 10.9. The van der Waals surface area contributed by atoms with Crippen molar-refractivity contribution in [1.82, 2.24) is 0 Å². The van der Waals surface area contributed by atoms with Crippen LogP contribution in [0.3, 0.4) is 0 Å². The summed E-state index contributed by atoms with van der Waals surface area (Å²) in [5.74, 6) is 1.87. The van der Waals surface area contributed by atoms with Gasteiger partial charge in [0.15, 0.2) is 0 Å². The molecule has 0 aromatic heterocycles. The molecule has 5 nitrogen and oxygen atoms in total. The van der Waals surface area contributed by atoms with Gasteiger partial charge in [-0.25, -0.2) is 4.79 Å². The summed E-state index contributed by atoms with van der Waals surface area (Å²) in [6, 6.07) is 0. The summed E-state index contributed by atoms with van der Waals surface area (Å²) in [7, 11) is 0. The molecule has 4 rings (SSSR count). The second-order valence-electron chi connectivity index (χ2n) is 7.80. The fourth-order valence-electron chi connectivity index (χ4n) is 5.94. The van der Waals surface area contributed by atoms with E-state index in [2.05, 4.69) is 0 Å². The molecule has 1 aliphatic heterocycles. The highest BCUT2D eigenvalue weighted by Crippen LogP contribution is 2.73. The predicted octanol–water partition coefficient (Wildman–Crippen LogP) is 3.72. The fourth-order valence-corrected chi connectivity index (χ4v) is 9.82. The average Bonchev–Trinajstić information content (AvgIpc) is 3.12. The van der Waals surface area contributed by atoms with E-state index in [1.54, 1.807) is 6.92 Å². The van der Waals surface area contributed by atoms with Gasteiger partial charge in [0.25, 0.3) is 0 Å². The lowest BCUT2D eigenvalue weighted by atomic mass is 9.62. The Balaban J connectivity index is 1.85. The Morgan fingerprint density at radius 1 is 1.26 bits per heavy atom. The molecular weight excluding hydrogens is 384 g/mol. The van der Waals surface area contributed by atoms with Crippen molar-refractivity contribution in [2.24, 2.45) is 17.3 Å². The van der Waals surface area contributed by atoms with Gasteiger partial charge in [-0.05, 0) is 50.5 Å². The Morgan fingerprint density at radius 2 is 2.00 bits per heavy atom. The van der Waals surface area contributed by atoms with E-state index >= 15 is 0 Å². The molecule has 4 aliphatic rings. The van der Waals surface area contributed by atoms with Gasteiger partial charge < -0.3 is 14.6 Å². The van der Waals surface area contributed by atoms with Crippen LogP contribution in [0, 0.1) is 17.3 Å². The molecule has 2 spiro atoms. The van der Waals surface area contributed by atoms with Gasteiger partial charge >= 0.3 is 5.97 Å². The van der Waals surface area contributed by atoms with Crippen LogP contribution < -0.4 is 0 Å². The molecule has 0 bridgehead atoms. The molecule has 0 aromatic carbocycles. The smallest absolute Gasteiger partial charge is 0.337 e. The van der Waals surface area contributed by atoms with Gasteiger partial charge in [0.05, 0.1) is 27.8 Å². The van der Waals surface area contributed by atoms with Gasteiger partial charge in [-0.1, -0.05) is 0 Å². The third-order valence-corrected chi connectivity index (χ3v) is 10.3. The standard InChI is InChI=1S/C20H28O5S2/c1-3-24-16-10-13(21)17(18(23)25-4-2)12-11-19(26-8-5-9-27-19)14-6-7-15(22)20(12,14)16/h12,14,16,21H,3-11H2,1-2H3/t12-,14+,16?,20+/m1/s1. The van der Waals surface area contributed by atoms with Crippen LogP contribution in [-0.2, 0) is 19.1 Å². The van der Waals surface area contributed by atoms with Crippen molar-refractivity contribution >= 4 is 35.3 Å². The van der Waals surface area contributed by atoms with Crippen LogP contribution in [0.2, 0.25) is 0 Å². The lowest BCUT2D eigenvalue weighted by Crippen LogP contribution is -2.52. The summed E-state index contributed by atoms with van der Waals surface area (Å²) >= 11 is 3.92. The van der Waals surface area contributed by atoms with Crippen molar-refractivity contribution in [3.63, 3.8) is 0 Å². The average molecular weight is 413 g/mol. The van der Waals surface area contributed by atoms with Crippen LogP contribution in [0.15, 0.2) is 11.3 Å². The molecule has 3 fully saturated rings. The number of ether oxygens (including phenoxy) is 2. The van der Waals surface area contributed by atoms with E-state index in [1.165, 1.54) is 6.42 Å². The highest BCUT2D eigenvalue weighted by atomic mass is 32.2. The summed E-state index contributed by atoms with van der Waals surface area (Å²) in [5, 5.41) is 10.8. The molecule has 1 heterocycles. The molecule has 27 heavy (non-hydrogen) atoms. The number of aliphatic hydroxyl groups excluding tert-OH is 1. The summed E-state index contributed by atoms with van der Waals surface area (Å²) < 4.78 is 11.3. The molecule has 3 aliphatic carbocycles. The molecule has 0 radical (unpaired) electrons. The van der Waals surface area contributed by atoms with Crippen LogP contribution in [0.1, 0.15) is 46.0 Å². The van der Waals surface area contributed by atoms with E-state index in [4.69, 9.17) is 9.47 Å². The minimum Gasteiger partial charge on any atom is -0.512 e. The number of carbonyl (C=O) groups is 2. The van der Waals surface area contributed by atoms with Crippen LogP contribution in [-0.4, -0.2) is 51.8 Å². The SMILES string of the molecule is CCOC(=O)C1=C(O)CC(OCC)[C@]23C(=O)CC[C@H]2C2(C[C@H]13)SCCCS2. The summed E-state index contributed by atoms with van der Waals surface area (Å²) in [6.07, 6.45) is 3.19. The normalized spacial score (nSPS) is 37.4. The van der Waals surface area contributed by atoms with Gasteiger partial charge in [0.2, 0.25) is 0 Å². The third kappa shape index (κ3) is 2.71. The topological polar surface area (TPSA) is 72.8 Å². The first-order valence-electron chi connectivity index (χ1n) is 10.0. The van der Waals surface area contributed by atoms with Crippen LogP contribution in [0.4, 0.5) is 0 Å². The van der Waals surface area contributed by atoms with Crippen molar-refractivity contribution in [3.8, 4) is 0 Å². The van der Waals surface area contributed by atoms with Gasteiger partial charge in [0.1, 0.15) is 11.5 Å². The number of esters is 1. The molecule has 2 saturated carbocycles. The number of hydrogen-bond donors (Lipinski definition) is 1. The van der Waals surface area contributed by atoms with E-state index in [0.29, 0.717) is 18.6 Å². The van der Waals surface area contributed by atoms with E-state index in [0.717, 1.165) is 24.3 Å². The number of rotatable bonds is 4. The molecule has 0 aromatic rings. The van der Waals surface area contributed by atoms with Crippen LogP contribution in [0.5, 0.6) is 0 Å². The highest BCUT2D eigenvalue weighted by Gasteiger charge is 2.73. The zero-order valence-electron chi connectivity index (χ0n) is 16.0. The first-order valence-corrected chi connectivity index (χ1v) is 12.0. The van der Waals surface area contributed by atoms with Gasteiger partial charge in [-0.15, -0.1) is 23.5 Å². The van der Waals surface area contributed by atoms with Crippen molar-refractivity contribution in [1.29, 1.82) is 0 Å². The summed E-state index contributed by atoms with van der Waals surface area (Å²) in [5.41, 5.74) is -0.349. The van der Waals surface area contributed by atoms with Crippen molar-refractivity contribution in [2.75, 3.05) is 24.7 Å². The molecule has 1 saturated heterocycles. The fraction of sp³-hybridized carbons (Fsp3) is 0.800. The van der Waals surface area contributed by atoms with Gasteiger partial charge in [-0.2, -0.15) is 0 Å². The Labute approximate surface area is 169 Å². The number of Topliss-reactive ketones (excluding diaryl/α,β-unsaturated/α-hetero) is 1. The Kier molecular flexibility index (Phi) is 5.31. The second kappa shape index (κ2) is 7.30. The molecule has 1 N–H and O–H groups in total. The Hall–Kier alpha value is -0.660. The zero-order chi connectivity index (χ0) is 19.2. The first-order chi connectivity index (χ1) is 13.0. The number of ketones is 1. The quantitative estimate of drug-likeness (QED) is 0.706. The number of aliphatic hydroxyl groups is 1. The van der Waals surface area contributed by atoms with Gasteiger partial charge in [-0.3, -0.25) is 4.79 Å². The maximum Gasteiger partial charge on any atom is 0.337 e. The largest absolute Gasteiger partial charge is 0.512 e. The monoisotopic (exact) mass is 412 g/mol. The number of fused-ring (bicyclic) bond motifs is 1. The zero-order valence-corrected chi connectivity index (χ0v) is 17.6. The van der Waals surface area contributed by atoms with E-state index in [1.807, 2.05) is 30.4 Å². The van der Waals surface area contributed by atoms with Crippen molar-refractivity contribution in [2.45, 2.75) is 56.1 Å². The van der Waals surface area contributed by atoms with Crippen LogP contribution in [0.25, 0.3) is 0 Å². The number of hydrogen-bond acceptors (Lipinski definition) is 7. The summed E-state index contributed by atoms with van der Waals surface area (Å²) in [4.78, 5) is 26.2. The molecule has 7 heteroatoms. The molecule has 150 valence electrons. The maximum absolute atomic E-state index is 13.4. The predicted molar refractivity (Wildman–Crippen MR) is 107 cm³/mol. The minimum atomic E-state index is -0.693. The molecule has 4 atom stereocenters. The summed E-state index contributed by atoms with van der Waals surface area (Å²) in [6.45, 7) is 4.45. The Morgan fingerprint density at radius 3 is 2.67 bits per heavy atom. The van der Waals surface area contributed by atoms with E-state index in [9.17, 15) is 14.7 Å². The van der Waals surface area contributed by atoms with Crippen LogP contribution >= 0.6 is 23.5 Å². The lowest BCUT2D eigenvalue weighted by molar-refractivity contribution is -0.148. The highest BCUT2D eigenvalue weighted by molar-refractivity contribution is 8.18. The van der Waals surface area contributed by atoms with Gasteiger partial charge in [0, 0.05) is 25.4 Å². The minimum absolute atomic E-state index is 0.0591. The lowest BCUT2D eigenvalue weighted by Gasteiger charge is -2.46. The molecule has 1 unspecified atom stereocenters. The van der Waals surface area contributed by atoms with Crippen molar-refractivity contribution < 1.29 is 24.2 Å². The van der Waals surface area contributed by atoms with E-state index in [-0.39, 0.29) is 46.6 Å². The van der Waals surface area contributed by atoms with Crippen molar-refractivity contribution in [3.05, 3.63) is 11.3 Å². The maximum atomic E-state index is 13.4. The Bertz CT molecular complexity index is 669. The molecule has 0 amide bonds. The van der Waals surface area contributed by atoms with E-state index < -0.39 is 11.4 Å². The molecular formula is C20H28O5S2. The number of carbonyl (C=O) groups excluding carboxylic acids is 2. The number of thioether (sulfide) groups is 2.